The van der Waals surface area contributed by atoms with Crippen LogP contribution < -0.4 is 10.0 Å². The minimum Gasteiger partial charge on any atom is -0.360 e. The smallest absolute Gasteiger partial charge is 0.256 e. The molecule has 1 aromatic carbocycles. The van der Waals surface area contributed by atoms with Gasteiger partial charge in [-0.15, -0.1) is 6.58 Å². The monoisotopic (exact) mass is 321 g/mol. The van der Waals surface area contributed by atoms with E-state index in [9.17, 15) is 13.2 Å². The summed E-state index contributed by atoms with van der Waals surface area (Å²) in [5, 5.41) is 6.17. The molecular formula is C14H15N3O4S. The molecular weight excluding hydrogens is 306 g/mol. The van der Waals surface area contributed by atoms with Gasteiger partial charge in [0.1, 0.15) is 5.76 Å². The summed E-state index contributed by atoms with van der Waals surface area (Å²) in [5.41, 5.74) is 0.196. The molecule has 7 nitrogen and oxygen atoms in total. The highest BCUT2D eigenvalue weighted by Crippen LogP contribution is 2.14. The molecule has 0 unspecified atom stereocenters. The molecule has 0 bridgehead atoms. The van der Waals surface area contributed by atoms with Crippen molar-refractivity contribution in [3.8, 4) is 0 Å². The van der Waals surface area contributed by atoms with E-state index in [1.54, 1.807) is 13.0 Å². The van der Waals surface area contributed by atoms with Crippen LogP contribution in [0, 0.1) is 6.92 Å². The lowest BCUT2D eigenvalue weighted by molar-refractivity contribution is 0.102. The maximum atomic E-state index is 12.1. The fourth-order valence-electron chi connectivity index (χ4n) is 1.67. The largest absolute Gasteiger partial charge is 0.360 e. The van der Waals surface area contributed by atoms with E-state index in [2.05, 4.69) is 21.8 Å². The van der Waals surface area contributed by atoms with E-state index in [4.69, 9.17) is 4.52 Å². The zero-order chi connectivity index (χ0) is 16.2. The van der Waals surface area contributed by atoms with Gasteiger partial charge in [-0.25, -0.2) is 13.1 Å². The van der Waals surface area contributed by atoms with Crippen molar-refractivity contribution in [2.75, 3.05) is 11.9 Å². The first-order chi connectivity index (χ1) is 10.4. The van der Waals surface area contributed by atoms with Crippen LogP contribution in [0.15, 0.2) is 52.4 Å². The Morgan fingerprint density at radius 3 is 2.82 bits per heavy atom. The van der Waals surface area contributed by atoms with Crippen LogP contribution >= 0.6 is 0 Å². The molecule has 0 fully saturated rings. The molecule has 116 valence electrons. The van der Waals surface area contributed by atoms with Crippen molar-refractivity contribution >= 4 is 21.7 Å². The fourth-order valence-corrected chi connectivity index (χ4v) is 2.71. The van der Waals surface area contributed by atoms with Crippen LogP contribution in [-0.2, 0) is 10.0 Å². The molecule has 0 aliphatic carbocycles. The molecule has 1 heterocycles. The average Bonchev–Trinajstić information content (AvgIpc) is 2.90. The quantitative estimate of drug-likeness (QED) is 0.789. The summed E-state index contributed by atoms with van der Waals surface area (Å²) < 4.78 is 31.2. The number of carbonyl (C=O) groups is 1. The van der Waals surface area contributed by atoms with Crippen molar-refractivity contribution in [3.63, 3.8) is 0 Å². The number of sulfonamides is 1. The number of anilines is 1. The van der Waals surface area contributed by atoms with Crippen LogP contribution in [0.3, 0.4) is 0 Å². The number of nitrogens with one attached hydrogen (secondary N) is 2. The molecule has 8 heteroatoms. The Morgan fingerprint density at radius 2 is 2.18 bits per heavy atom. The van der Waals surface area contributed by atoms with E-state index >= 15 is 0 Å². The van der Waals surface area contributed by atoms with Gasteiger partial charge in [0.05, 0.1) is 4.90 Å². The van der Waals surface area contributed by atoms with Crippen LogP contribution in [0.2, 0.25) is 0 Å². The minimum atomic E-state index is -3.68. The molecule has 1 amide bonds. The Balaban J connectivity index is 2.20. The van der Waals surface area contributed by atoms with Gasteiger partial charge in [-0.2, -0.15) is 0 Å². The summed E-state index contributed by atoms with van der Waals surface area (Å²) in [5.74, 6) is 0.342. The predicted molar refractivity (Wildman–Crippen MR) is 81.0 cm³/mol. The van der Waals surface area contributed by atoms with Gasteiger partial charge < -0.3 is 9.84 Å². The number of nitrogens with zero attached hydrogens (tertiary/aromatic N) is 1. The van der Waals surface area contributed by atoms with E-state index in [1.165, 1.54) is 30.3 Å². The zero-order valence-electron chi connectivity index (χ0n) is 11.9. The van der Waals surface area contributed by atoms with Crippen LogP contribution in [0.5, 0.6) is 0 Å². The number of aromatic nitrogens is 1. The summed E-state index contributed by atoms with van der Waals surface area (Å²) in [7, 11) is -3.68. The van der Waals surface area contributed by atoms with Crippen LogP contribution in [0.1, 0.15) is 16.1 Å². The second kappa shape index (κ2) is 6.54. The van der Waals surface area contributed by atoms with E-state index in [1.807, 2.05) is 0 Å². The maximum Gasteiger partial charge on any atom is 0.256 e. The van der Waals surface area contributed by atoms with Crippen LogP contribution in [0.25, 0.3) is 0 Å². The Labute approximate surface area is 128 Å². The third kappa shape index (κ3) is 3.80. The number of aryl methyl sites for hydroxylation is 1. The SMILES string of the molecule is C=CCNS(=O)(=O)c1cccc(C(=O)Nc2cc(C)on2)c1. The van der Waals surface area contributed by atoms with Gasteiger partial charge in [0.2, 0.25) is 10.0 Å². The number of hydrogen-bond acceptors (Lipinski definition) is 5. The summed E-state index contributed by atoms with van der Waals surface area (Å²) in [6.45, 7) is 5.25. The molecule has 2 N–H and O–H groups in total. The maximum absolute atomic E-state index is 12.1. The molecule has 0 aliphatic rings. The summed E-state index contributed by atoms with van der Waals surface area (Å²) >= 11 is 0. The Hall–Kier alpha value is -2.45. The number of hydrogen-bond donors (Lipinski definition) is 2. The van der Waals surface area contributed by atoms with Crippen molar-refractivity contribution in [3.05, 3.63) is 54.3 Å². The van der Waals surface area contributed by atoms with Gasteiger partial charge in [-0.1, -0.05) is 17.3 Å². The molecule has 1 aromatic heterocycles. The highest BCUT2D eigenvalue weighted by Gasteiger charge is 2.16. The lowest BCUT2D eigenvalue weighted by Crippen LogP contribution is -2.24. The number of amides is 1. The molecule has 0 aliphatic heterocycles. The predicted octanol–water partition coefficient (Wildman–Crippen LogP) is 1.70. The highest BCUT2D eigenvalue weighted by atomic mass is 32.2. The number of carbonyl (C=O) groups excluding carboxylic acids is 1. The zero-order valence-corrected chi connectivity index (χ0v) is 12.7. The third-order valence-corrected chi connectivity index (χ3v) is 4.12. The van der Waals surface area contributed by atoms with E-state index in [-0.39, 0.29) is 22.8 Å². The topological polar surface area (TPSA) is 101 Å². The Kier molecular flexibility index (Phi) is 4.74. The standard InChI is InChI=1S/C14H15N3O4S/c1-3-7-15-22(19,20)12-6-4-5-11(9-12)14(18)16-13-8-10(2)21-17-13/h3-6,8-9,15H,1,7H2,2H3,(H,16,17,18). The van der Waals surface area contributed by atoms with E-state index in [0.29, 0.717) is 5.76 Å². The first-order valence-electron chi connectivity index (χ1n) is 6.37. The summed E-state index contributed by atoms with van der Waals surface area (Å²) in [4.78, 5) is 12.1. The Bertz CT molecular complexity index is 796. The van der Waals surface area contributed by atoms with Crippen molar-refractivity contribution in [2.45, 2.75) is 11.8 Å². The molecule has 22 heavy (non-hydrogen) atoms. The number of benzene rings is 1. The highest BCUT2D eigenvalue weighted by molar-refractivity contribution is 7.89. The van der Waals surface area contributed by atoms with Crippen molar-refractivity contribution in [1.29, 1.82) is 0 Å². The molecule has 2 aromatic rings. The third-order valence-electron chi connectivity index (χ3n) is 2.69. The summed E-state index contributed by atoms with van der Waals surface area (Å²) in [6.07, 6.45) is 1.43. The van der Waals surface area contributed by atoms with Crippen molar-refractivity contribution in [1.82, 2.24) is 9.88 Å². The van der Waals surface area contributed by atoms with Gasteiger partial charge in [0.25, 0.3) is 5.91 Å². The normalized spacial score (nSPS) is 11.1. The lowest BCUT2D eigenvalue weighted by Gasteiger charge is -2.07. The second-order valence-electron chi connectivity index (χ2n) is 4.45. The minimum absolute atomic E-state index is 0.00154. The number of rotatable bonds is 6. The molecule has 0 saturated heterocycles. The van der Waals surface area contributed by atoms with Crippen LogP contribution in [-0.4, -0.2) is 26.0 Å². The van der Waals surface area contributed by atoms with E-state index < -0.39 is 15.9 Å². The average molecular weight is 321 g/mol. The molecule has 0 spiro atoms. The van der Waals surface area contributed by atoms with Gasteiger partial charge >= 0.3 is 0 Å². The van der Waals surface area contributed by atoms with E-state index in [0.717, 1.165) is 0 Å². The van der Waals surface area contributed by atoms with Gasteiger partial charge in [0, 0.05) is 18.2 Å². The molecule has 0 radical (unpaired) electrons. The molecule has 0 saturated carbocycles. The molecule has 2 rings (SSSR count). The second-order valence-corrected chi connectivity index (χ2v) is 6.21. The fraction of sp³-hybridized carbons (Fsp3) is 0.143. The van der Waals surface area contributed by atoms with Crippen molar-refractivity contribution in [2.24, 2.45) is 0 Å². The van der Waals surface area contributed by atoms with Crippen molar-refractivity contribution < 1.29 is 17.7 Å². The first kappa shape index (κ1) is 15.9. The molecule has 0 atom stereocenters. The van der Waals surface area contributed by atoms with Gasteiger partial charge in [-0.05, 0) is 25.1 Å². The lowest BCUT2D eigenvalue weighted by atomic mass is 10.2. The van der Waals surface area contributed by atoms with Gasteiger partial charge in [0.15, 0.2) is 5.82 Å². The van der Waals surface area contributed by atoms with Crippen LogP contribution in [0.4, 0.5) is 5.82 Å². The Morgan fingerprint density at radius 1 is 1.41 bits per heavy atom. The summed E-state index contributed by atoms with van der Waals surface area (Å²) in [6, 6.07) is 7.25. The van der Waals surface area contributed by atoms with Gasteiger partial charge in [-0.3, -0.25) is 4.79 Å². The first-order valence-corrected chi connectivity index (χ1v) is 7.86.